The minimum Gasteiger partial charge on any atom is -0.464 e. The molecule has 0 aliphatic carbocycles. The normalized spacial score (nSPS) is 13.9. The van der Waals surface area contributed by atoms with Gasteiger partial charge in [0.05, 0.1) is 12.9 Å². The summed E-state index contributed by atoms with van der Waals surface area (Å²) in [6.45, 7) is 3.15. The Labute approximate surface area is 71.8 Å². The maximum atomic E-state index is 10.8. The molecule has 0 aliphatic heterocycles. The Hall–Kier alpha value is -0.620. The van der Waals surface area contributed by atoms with Crippen molar-refractivity contribution < 1.29 is 22.1 Å². The van der Waals surface area contributed by atoms with Crippen LogP contribution in [0.1, 0.15) is 13.8 Å². The lowest BCUT2D eigenvalue weighted by Gasteiger charge is -2.08. The molecular weight excluding hydrogens is 184 g/mol. The second kappa shape index (κ2) is 4.42. The molecule has 1 unspecified atom stereocenters. The fraction of sp³-hybridized carbons (Fsp3) is 0.833. The van der Waals surface area contributed by atoms with Gasteiger partial charge in [-0.1, -0.05) is 0 Å². The fourth-order valence-electron chi connectivity index (χ4n) is 0.561. The zero-order chi connectivity index (χ0) is 9.78. The Balaban J connectivity index is 4.05. The predicted octanol–water partition coefficient (Wildman–Crippen LogP) is -0.0858. The van der Waals surface area contributed by atoms with Gasteiger partial charge in [-0.05, 0) is 13.8 Å². The van der Waals surface area contributed by atoms with Crippen molar-refractivity contribution in [3.8, 4) is 0 Å². The summed E-state index contributed by atoms with van der Waals surface area (Å²) in [5, 5.41) is 0. The number of hydrogen-bond donors (Lipinski definition) is 0. The molecule has 0 saturated heterocycles. The molecule has 0 spiro atoms. The van der Waals surface area contributed by atoms with Crippen molar-refractivity contribution in [3.63, 3.8) is 0 Å². The van der Waals surface area contributed by atoms with Crippen LogP contribution >= 0.6 is 0 Å². The van der Waals surface area contributed by atoms with Crippen LogP contribution < -0.4 is 0 Å². The highest BCUT2D eigenvalue weighted by molar-refractivity contribution is 7.86. The van der Waals surface area contributed by atoms with Crippen molar-refractivity contribution in [2.24, 2.45) is 0 Å². The molecule has 0 rings (SSSR count). The van der Waals surface area contributed by atoms with Crippen LogP contribution in [0, 0.1) is 0 Å². The first-order chi connectivity index (χ1) is 5.37. The number of ether oxygens (including phenoxy) is 1. The molecule has 1 atom stereocenters. The lowest BCUT2D eigenvalue weighted by molar-refractivity contribution is -0.150. The van der Waals surface area contributed by atoms with E-state index >= 15 is 0 Å². The van der Waals surface area contributed by atoms with Gasteiger partial charge >= 0.3 is 5.97 Å². The molecule has 72 valence electrons. The molecule has 0 saturated carbocycles. The largest absolute Gasteiger partial charge is 0.464 e. The van der Waals surface area contributed by atoms with Gasteiger partial charge in [0.2, 0.25) is 0 Å². The van der Waals surface area contributed by atoms with Crippen molar-refractivity contribution in [1.29, 1.82) is 0 Å². The average molecular weight is 196 g/mol. The van der Waals surface area contributed by atoms with E-state index in [0.717, 1.165) is 6.26 Å². The SMILES string of the molecule is CCOC(=O)C(C)OS(C)(=O)=O. The van der Waals surface area contributed by atoms with Crippen LogP contribution in [-0.4, -0.2) is 33.4 Å². The molecule has 5 nitrogen and oxygen atoms in total. The third-order valence-corrected chi connectivity index (χ3v) is 1.58. The van der Waals surface area contributed by atoms with Gasteiger partial charge < -0.3 is 4.74 Å². The molecule has 0 amide bonds. The molecule has 0 N–H and O–H groups in total. The third-order valence-electron chi connectivity index (χ3n) is 0.938. The van der Waals surface area contributed by atoms with Crippen molar-refractivity contribution in [3.05, 3.63) is 0 Å². The molecule has 0 heterocycles. The fourth-order valence-corrected chi connectivity index (χ4v) is 1.16. The second-order valence-corrected chi connectivity index (χ2v) is 3.80. The summed E-state index contributed by atoms with van der Waals surface area (Å²) in [7, 11) is -3.59. The first-order valence-corrected chi connectivity index (χ1v) is 5.23. The van der Waals surface area contributed by atoms with Crippen molar-refractivity contribution >= 4 is 16.1 Å². The van der Waals surface area contributed by atoms with Gasteiger partial charge in [-0.15, -0.1) is 0 Å². The Kier molecular flexibility index (Phi) is 4.19. The summed E-state index contributed by atoms with van der Waals surface area (Å²) < 4.78 is 29.9. The van der Waals surface area contributed by atoms with Gasteiger partial charge in [-0.2, -0.15) is 8.42 Å². The monoisotopic (exact) mass is 196 g/mol. The van der Waals surface area contributed by atoms with E-state index in [1.807, 2.05) is 0 Å². The summed E-state index contributed by atoms with van der Waals surface area (Å²) in [6, 6.07) is 0. The van der Waals surface area contributed by atoms with Crippen LogP contribution in [0.4, 0.5) is 0 Å². The first kappa shape index (κ1) is 11.4. The van der Waals surface area contributed by atoms with E-state index < -0.39 is 22.2 Å². The van der Waals surface area contributed by atoms with Crippen LogP contribution in [0.2, 0.25) is 0 Å². The van der Waals surface area contributed by atoms with E-state index in [9.17, 15) is 13.2 Å². The van der Waals surface area contributed by atoms with E-state index in [0.29, 0.717) is 0 Å². The van der Waals surface area contributed by atoms with Gasteiger partial charge in [0.1, 0.15) is 0 Å². The molecule has 0 aromatic rings. The van der Waals surface area contributed by atoms with E-state index in [1.165, 1.54) is 6.92 Å². The van der Waals surface area contributed by atoms with Crippen LogP contribution in [0.25, 0.3) is 0 Å². The Morgan fingerprint density at radius 3 is 2.33 bits per heavy atom. The number of esters is 1. The highest BCUT2D eigenvalue weighted by atomic mass is 32.2. The Bertz CT molecular complexity index is 243. The van der Waals surface area contributed by atoms with Gasteiger partial charge in [-0.3, -0.25) is 4.18 Å². The second-order valence-electron chi connectivity index (χ2n) is 2.19. The molecule has 0 radical (unpaired) electrons. The van der Waals surface area contributed by atoms with Gasteiger partial charge in [-0.25, -0.2) is 4.79 Å². The van der Waals surface area contributed by atoms with Crippen LogP contribution in [0.3, 0.4) is 0 Å². The summed E-state index contributed by atoms with van der Waals surface area (Å²) in [5.74, 6) is -0.678. The van der Waals surface area contributed by atoms with E-state index in [-0.39, 0.29) is 6.61 Å². The highest BCUT2D eigenvalue weighted by Gasteiger charge is 2.19. The standard InChI is InChI=1S/C6H12O5S/c1-4-10-6(7)5(2)11-12(3,8)9/h5H,4H2,1-3H3. The molecule has 0 fully saturated rings. The van der Waals surface area contributed by atoms with Crippen molar-refractivity contribution in [2.75, 3.05) is 12.9 Å². The Morgan fingerprint density at radius 1 is 1.50 bits per heavy atom. The smallest absolute Gasteiger partial charge is 0.336 e. The average Bonchev–Trinajstić information content (AvgIpc) is 1.84. The number of carbonyl (C=O) groups excluding carboxylic acids is 1. The molecule has 6 heteroatoms. The Morgan fingerprint density at radius 2 is 2.00 bits per heavy atom. The molecule has 0 aliphatic rings. The van der Waals surface area contributed by atoms with Crippen LogP contribution in [0.5, 0.6) is 0 Å². The lowest BCUT2D eigenvalue weighted by Crippen LogP contribution is -2.25. The van der Waals surface area contributed by atoms with Crippen LogP contribution in [-0.2, 0) is 23.8 Å². The number of hydrogen-bond acceptors (Lipinski definition) is 5. The summed E-state index contributed by atoms with van der Waals surface area (Å²) in [5.41, 5.74) is 0. The van der Waals surface area contributed by atoms with Crippen LogP contribution in [0.15, 0.2) is 0 Å². The maximum Gasteiger partial charge on any atom is 0.336 e. The summed E-state index contributed by atoms with van der Waals surface area (Å²) >= 11 is 0. The van der Waals surface area contributed by atoms with Gasteiger partial charge in [0, 0.05) is 0 Å². The number of rotatable bonds is 4. The van der Waals surface area contributed by atoms with E-state index in [2.05, 4.69) is 8.92 Å². The van der Waals surface area contributed by atoms with Gasteiger partial charge in [0.15, 0.2) is 6.10 Å². The summed E-state index contributed by atoms with van der Waals surface area (Å²) in [6.07, 6.45) is -0.192. The zero-order valence-electron chi connectivity index (χ0n) is 7.23. The minimum atomic E-state index is -3.59. The third kappa shape index (κ3) is 5.09. The predicted molar refractivity (Wildman–Crippen MR) is 42.0 cm³/mol. The van der Waals surface area contributed by atoms with Crippen molar-refractivity contribution in [2.45, 2.75) is 20.0 Å². The van der Waals surface area contributed by atoms with E-state index in [4.69, 9.17) is 0 Å². The quantitative estimate of drug-likeness (QED) is 0.464. The zero-order valence-corrected chi connectivity index (χ0v) is 8.05. The topological polar surface area (TPSA) is 69.7 Å². The van der Waals surface area contributed by atoms with E-state index in [1.54, 1.807) is 6.92 Å². The van der Waals surface area contributed by atoms with Gasteiger partial charge in [0.25, 0.3) is 10.1 Å². The molecule has 0 aromatic carbocycles. The van der Waals surface area contributed by atoms with Crippen molar-refractivity contribution in [1.82, 2.24) is 0 Å². The molecular formula is C6H12O5S. The molecule has 0 aromatic heterocycles. The molecule has 12 heavy (non-hydrogen) atoms. The summed E-state index contributed by atoms with van der Waals surface area (Å²) in [4.78, 5) is 10.8. The maximum absolute atomic E-state index is 10.8. The lowest BCUT2D eigenvalue weighted by atomic mass is 10.4. The highest BCUT2D eigenvalue weighted by Crippen LogP contribution is 1.98. The minimum absolute atomic E-state index is 0.205. The molecule has 0 bridgehead atoms. The first-order valence-electron chi connectivity index (χ1n) is 3.41. The number of carbonyl (C=O) groups is 1.